The van der Waals surface area contributed by atoms with Gasteiger partial charge in [-0.05, 0) is 39.5 Å². The normalized spacial score (nSPS) is 18.4. The van der Waals surface area contributed by atoms with E-state index >= 15 is 0 Å². The van der Waals surface area contributed by atoms with Crippen molar-refractivity contribution in [2.24, 2.45) is 0 Å². The molecule has 20 heavy (non-hydrogen) atoms. The van der Waals surface area contributed by atoms with Crippen LogP contribution < -0.4 is 0 Å². The Morgan fingerprint density at radius 2 is 2.25 bits per heavy atom. The Morgan fingerprint density at radius 1 is 1.45 bits per heavy atom. The summed E-state index contributed by atoms with van der Waals surface area (Å²) in [7, 11) is 0. The molecule has 5 nitrogen and oxygen atoms in total. The van der Waals surface area contributed by atoms with Crippen molar-refractivity contribution < 1.29 is 9.53 Å². The zero-order valence-corrected chi connectivity index (χ0v) is 12.1. The highest BCUT2D eigenvalue weighted by Gasteiger charge is 2.31. The highest BCUT2D eigenvalue weighted by atomic mass is 16.6. The molecule has 0 bridgehead atoms. The van der Waals surface area contributed by atoms with Crippen LogP contribution in [0.15, 0.2) is 18.6 Å². The highest BCUT2D eigenvalue weighted by molar-refractivity contribution is 5.69. The first-order valence-corrected chi connectivity index (χ1v) is 6.73. The standard InChI is InChI=1S/C15H19N3O2/c1-15(2,3)20-14(19)18-10-4-5-13(18)7-6-12-11-16-8-9-17-12/h8-9,11,13H,4-5,10H2,1-3H3. The Bertz CT molecular complexity index is 526. The van der Waals surface area contributed by atoms with Crippen LogP contribution >= 0.6 is 0 Å². The summed E-state index contributed by atoms with van der Waals surface area (Å²) >= 11 is 0. The van der Waals surface area contributed by atoms with Gasteiger partial charge in [0.15, 0.2) is 0 Å². The molecule has 0 N–H and O–H groups in total. The van der Waals surface area contributed by atoms with E-state index in [0.717, 1.165) is 12.8 Å². The summed E-state index contributed by atoms with van der Waals surface area (Å²) in [4.78, 5) is 21.8. The van der Waals surface area contributed by atoms with Crippen LogP contribution in [0.1, 0.15) is 39.3 Å². The van der Waals surface area contributed by atoms with E-state index in [2.05, 4.69) is 21.8 Å². The molecule has 1 aliphatic heterocycles. The average Bonchev–Trinajstić information content (AvgIpc) is 2.84. The molecular formula is C15H19N3O2. The molecule has 0 aliphatic carbocycles. The molecular weight excluding hydrogens is 254 g/mol. The van der Waals surface area contributed by atoms with Gasteiger partial charge in [-0.1, -0.05) is 5.92 Å². The zero-order chi connectivity index (χ0) is 14.6. The van der Waals surface area contributed by atoms with Crippen LogP contribution in [-0.4, -0.2) is 39.1 Å². The van der Waals surface area contributed by atoms with Crippen LogP contribution in [0.4, 0.5) is 4.79 Å². The Hall–Kier alpha value is -2.09. The minimum atomic E-state index is -0.484. The minimum Gasteiger partial charge on any atom is -0.444 e. The molecule has 2 heterocycles. The highest BCUT2D eigenvalue weighted by Crippen LogP contribution is 2.20. The first kappa shape index (κ1) is 14.3. The SMILES string of the molecule is CC(C)(C)OC(=O)N1CCCC1C#Cc1cnccn1. The van der Waals surface area contributed by atoms with E-state index in [-0.39, 0.29) is 12.1 Å². The number of rotatable bonds is 0. The molecule has 0 spiro atoms. The van der Waals surface area contributed by atoms with E-state index < -0.39 is 5.60 Å². The van der Waals surface area contributed by atoms with Crippen molar-refractivity contribution >= 4 is 6.09 Å². The topological polar surface area (TPSA) is 55.3 Å². The molecule has 1 amide bonds. The fraction of sp³-hybridized carbons (Fsp3) is 0.533. The molecule has 1 aromatic heterocycles. The van der Waals surface area contributed by atoms with Crippen LogP contribution in [0.25, 0.3) is 0 Å². The molecule has 1 aliphatic rings. The largest absolute Gasteiger partial charge is 0.444 e. The zero-order valence-electron chi connectivity index (χ0n) is 12.1. The number of amides is 1. The summed E-state index contributed by atoms with van der Waals surface area (Å²) < 4.78 is 5.40. The Labute approximate surface area is 119 Å². The number of carbonyl (C=O) groups is 1. The molecule has 0 saturated carbocycles. The van der Waals surface area contributed by atoms with Gasteiger partial charge in [-0.15, -0.1) is 0 Å². The number of carbonyl (C=O) groups excluding carboxylic acids is 1. The number of hydrogen-bond donors (Lipinski definition) is 0. The third-order valence-corrected chi connectivity index (χ3v) is 2.81. The lowest BCUT2D eigenvalue weighted by molar-refractivity contribution is 0.0261. The second kappa shape index (κ2) is 5.91. The fourth-order valence-corrected chi connectivity index (χ4v) is 1.98. The second-order valence-corrected chi connectivity index (χ2v) is 5.69. The first-order chi connectivity index (χ1) is 9.46. The number of likely N-dealkylation sites (tertiary alicyclic amines) is 1. The van der Waals surface area contributed by atoms with Gasteiger partial charge in [-0.25, -0.2) is 9.78 Å². The summed E-state index contributed by atoms with van der Waals surface area (Å²) in [5.74, 6) is 6.05. The van der Waals surface area contributed by atoms with E-state index in [9.17, 15) is 4.79 Å². The molecule has 2 rings (SSSR count). The average molecular weight is 273 g/mol. The number of ether oxygens (including phenoxy) is 1. The van der Waals surface area contributed by atoms with Crippen LogP contribution in [-0.2, 0) is 4.74 Å². The summed E-state index contributed by atoms with van der Waals surface area (Å²) in [6.45, 7) is 6.28. The number of hydrogen-bond acceptors (Lipinski definition) is 4. The van der Waals surface area contributed by atoms with Gasteiger partial charge in [0.25, 0.3) is 0 Å². The maximum Gasteiger partial charge on any atom is 0.411 e. The first-order valence-electron chi connectivity index (χ1n) is 6.73. The van der Waals surface area contributed by atoms with E-state index in [1.807, 2.05) is 20.8 Å². The predicted octanol–water partition coefficient (Wildman–Crippen LogP) is 2.23. The molecule has 1 unspecified atom stereocenters. The van der Waals surface area contributed by atoms with Crippen molar-refractivity contribution in [2.45, 2.75) is 45.3 Å². The smallest absolute Gasteiger partial charge is 0.411 e. The maximum atomic E-state index is 12.1. The van der Waals surface area contributed by atoms with Crippen molar-refractivity contribution in [1.82, 2.24) is 14.9 Å². The van der Waals surface area contributed by atoms with Crippen LogP contribution in [0.2, 0.25) is 0 Å². The predicted molar refractivity (Wildman–Crippen MR) is 74.9 cm³/mol. The van der Waals surface area contributed by atoms with Crippen LogP contribution in [0.5, 0.6) is 0 Å². The summed E-state index contributed by atoms with van der Waals surface area (Å²) in [6, 6.07) is -0.105. The van der Waals surface area contributed by atoms with Crippen molar-refractivity contribution in [3.63, 3.8) is 0 Å². The van der Waals surface area contributed by atoms with Crippen molar-refractivity contribution in [1.29, 1.82) is 0 Å². The summed E-state index contributed by atoms with van der Waals surface area (Å²) in [5.41, 5.74) is 0.131. The molecule has 1 fully saturated rings. The Balaban J connectivity index is 2.05. The Morgan fingerprint density at radius 3 is 2.90 bits per heavy atom. The van der Waals surface area contributed by atoms with Gasteiger partial charge in [0.1, 0.15) is 11.3 Å². The van der Waals surface area contributed by atoms with E-state index in [1.165, 1.54) is 0 Å². The van der Waals surface area contributed by atoms with E-state index in [1.54, 1.807) is 23.5 Å². The van der Waals surface area contributed by atoms with Gasteiger partial charge in [0, 0.05) is 18.9 Å². The van der Waals surface area contributed by atoms with Gasteiger partial charge in [-0.2, -0.15) is 0 Å². The lowest BCUT2D eigenvalue weighted by Crippen LogP contribution is -2.39. The lowest BCUT2D eigenvalue weighted by atomic mass is 10.2. The van der Waals surface area contributed by atoms with Crippen molar-refractivity contribution in [3.8, 4) is 11.8 Å². The van der Waals surface area contributed by atoms with Gasteiger partial charge in [0.2, 0.25) is 0 Å². The maximum absolute atomic E-state index is 12.1. The number of nitrogens with zero attached hydrogens (tertiary/aromatic N) is 3. The molecule has 5 heteroatoms. The summed E-state index contributed by atoms with van der Waals surface area (Å²) in [6.07, 6.45) is 6.33. The monoisotopic (exact) mass is 273 g/mol. The third kappa shape index (κ3) is 3.95. The second-order valence-electron chi connectivity index (χ2n) is 5.69. The molecule has 1 saturated heterocycles. The van der Waals surface area contributed by atoms with E-state index in [4.69, 9.17) is 4.74 Å². The third-order valence-electron chi connectivity index (χ3n) is 2.81. The Kier molecular flexibility index (Phi) is 4.23. The summed E-state index contributed by atoms with van der Waals surface area (Å²) in [5, 5.41) is 0. The quantitative estimate of drug-likeness (QED) is 0.680. The van der Waals surface area contributed by atoms with Gasteiger partial charge < -0.3 is 4.74 Å². The van der Waals surface area contributed by atoms with Gasteiger partial charge >= 0.3 is 6.09 Å². The van der Waals surface area contributed by atoms with Crippen molar-refractivity contribution in [2.75, 3.05) is 6.54 Å². The minimum absolute atomic E-state index is 0.105. The lowest BCUT2D eigenvalue weighted by Gasteiger charge is -2.26. The van der Waals surface area contributed by atoms with E-state index in [0.29, 0.717) is 12.2 Å². The van der Waals surface area contributed by atoms with Crippen LogP contribution in [0, 0.1) is 11.8 Å². The number of aromatic nitrogens is 2. The molecule has 0 aromatic carbocycles. The molecule has 1 atom stereocenters. The van der Waals surface area contributed by atoms with Gasteiger partial charge in [-0.3, -0.25) is 9.88 Å². The molecule has 0 radical (unpaired) electrons. The molecule has 106 valence electrons. The molecule has 1 aromatic rings. The van der Waals surface area contributed by atoms with Crippen LogP contribution in [0.3, 0.4) is 0 Å². The van der Waals surface area contributed by atoms with Crippen molar-refractivity contribution in [3.05, 3.63) is 24.3 Å². The fourth-order valence-electron chi connectivity index (χ4n) is 1.98. The van der Waals surface area contributed by atoms with Gasteiger partial charge in [0.05, 0.1) is 12.2 Å².